The van der Waals surface area contributed by atoms with E-state index in [1.165, 1.54) is 0 Å². The molecular formula is C16H25NO3S. The third-order valence-corrected chi connectivity index (χ3v) is 5.76. The molecular weight excluding hydrogens is 286 g/mol. The van der Waals surface area contributed by atoms with Crippen molar-refractivity contribution in [3.05, 3.63) is 24.3 Å². The van der Waals surface area contributed by atoms with Crippen molar-refractivity contribution in [3.63, 3.8) is 0 Å². The Kier molecular flexibility index (Phi) is 4.94. The number of sulfonamides is 1. The number of rotatable bonds is 5. The first-order valence-electron chi connectivity index (χ1n) is 7.61. The minimum Gasteiger partial charge on any atom is -0.491 e. The van der Waals surface area contributed by atoms with E-state index in [1.54, 1.807) is 28.6 Å². The standard InChI is InChI=1S/C16H25NO3S/c1-12(2)16-6-5-11-17(16)21(18,19)15-9-7-14(8-10-15)20-13(3)4/h7-10,12-13,16H,5-6,11H2,1-4H3. The van der Waals surface area contributed by atoms with Crippen LogP contribution in [0.1, 0.15) is 40.5 Å². The molecule has 0 radical (unpaired) electrons. The lowest BCUT2D eigenvalue weighted by molar-refractivity contribution is 0.242. The van der Waals surface area contributed by atoms with Gasteiger partial charge in [0, 0.05) is 12.6 Å². The molecule has 5 heteroatoms. The highest BCUT2D eigenvalue weighted by atomic mass is 32.2. The predicted octanol–water partition coefficient (Wildman–Crippen LogP) is 3.28. The number of hydrogen-bond donors (Lipinski definition) is 0. The van der Waals surface area contributed by atoms with Crippen LogP contribution in [0, 0.1) is 5.92 Å². The van der Waals surface area contributed by atoms with E-state index < -0.39 is 10.0 Å². The largest absolute Gasteiger partial charge is 0.491 e. The van der Waals surface area contributed by atoms with Gasteiger partial charge in [-0.1, -0.05) is 13.8 Å². The van der Waals surface area contributed by atoms with Gasteiger partial charge in [0.05, 0.1) is 11.0 Å². The zero-order valence-electron chi connectivity index (χ0n) is 13.2. The second-order valence-corrected chi connectivity index (χ2v) is 8.10. The fourth-order valence-electron chi connectivity index (χ4n) is 2.83. The van der Waals surface area contributed by atoms with E-state index in [4.69, 9.17) is 4.74 Å². The van der Waals surface area contributed by atoms with Crippen LogP contribution in [-0.4, -0.2) is 31.4 Å². The van der Waals surface area contributed by atoms with Crippen LogP contribution < -0.4 is 4.74 Å². The third-order valence-electron chi connectivity index (χ3n) is 3.82. The molecule has 1 fully saturated rings. The van der Waals surface area contributed by atoms with Crippen LogP contribution >= 0.6 is 0 Å². The Morgan fingerprint density at radius 1 is 1.14 bits per heavy atom. The SMILES string of the molecule is CC(C)Oc1ccc(S(=O)(=O)N2CCCC2C(C)C)cc1. The summed E-state index contributed by atoms with van der Waals surface area (Å²) in [6, 6.07) is 6.85. The van der Waals surface area contributed by atoms with E-state index in [0.717, 1.165) is 12.8 Å². The van der Waals surface area contributed by atoms with Gasteiger partial charge in [0.2, 0.25) is 10.0 Å². The molecule has 1 aliphatic rings. The zero-order valence-corrected chi connectivity index (χ0v) is 14.1. The van der Waals surface area contributed by atoms with Gasteiger partial charge < -0.3 is 4.74 Å². The first-order valence-corrected chi connectivity index (χ1v) is 9.05. The van der Waals surface area contributed by atoms with Crippen molar-refractivity contribution in [3.8, 4) is 5.75 Å². The highest BCUT2D eigenvalue weighted by molar-refractivity contribution is 7.89. The fraction of sp³-hybridized carbons (Fsp3) is 0.625. The number of ether oxygens (including phenoxy) is 1. The Morgan fingerprint density at radius 2 is 1.76 bits per heavy atom. The van der Waals surface area contributed by atoms with Gasteiger partial charge in [-0.25, -0.2) is 8.42 Å². The Morgan fingerprint density at radius 3 is 2.29 bits per heavy atom. The first-order chi connectivity index (χ1) is 9.82. The van der Waals surface area contributed by atoms with Crippen molar-refractivity contribution >= 4 is 10.0 Å². The quantitative estimate of drug-likeness (QED) is 0.838. The van der Waals surface area contributed by atoms with Crippen LogP contribution in [0.5, 0.6) is 5.75 Å². The van der Waals surface area contributed by atoms with Crippen LogP contribution in [0.3, 0.4) is 0 Å². The molecule has 21 heavy (non-hydrogen) atoms. The Bertz CT molecular complexity index is 564. The number of benzene rings is 1. The maximum absolute atomic E-state index is 12.8. The van der Waals surface area contributed by atoms with Crippen molar-refractivity contribution < 1.29 is 13.2 Å². The van der Waals surface area contributed by atoms with Crippen LogP contribution in [0.4, 0.5) is 0 Å². The smallest absolute Gasteiger partial charge is 0.243 e. The summed E-state index contributed by atoms with van der Waals surface area (Å²) in [7, 11) is -3.40. The predicted molar refractivity (Wildman–Crippen MR) is 84.0 cm³/mol. The molecule has 118 valence electrons. The van der Waals surface area contributed by atoms with E-state index in [1.807, 2.05) is 13.8 Å². The minimum absolute atomic E-state index is 0.0800. The van der Waals surface area contributed by atoms with Crippen molar-refractivity contribution in [1.82, 2.24) is 4.31 Å². The van der Waals surface area contributed by atoms with Crippen LogP contribution in [0.15, 0.2) is 29.2 Å². The summed E-state index contributed by atoms with van der Waals surface area (Å²) in [6.45, 7) is 8.68. The molecule has 1 unspecified atom stereocenters. The Balaban J connectivity index is 2.23. The molecule has 1 heterocycles. The highest BCUT2D eigenvalue weighted by Gasteiger charge is 2.36. The summed E-state index contributed by atoms with van der Waals surface area (Å²) in [6.07, 6.45) is 1.97. The van der Waals surface area contributed by atoms with Crippen LogP contribution in [-0.2, 0) is 10.0 Å². The Hall–Kier alpha value is -1.07. The maximum atomic E-state index is 12.8. The molecule has 0 bridgehead atoms. The monoisotopic (exact) mass is 311 g/mol. The number of nitrogens with zero attached hydrogens (tertiary/aromatic N) is 1. The van der Waals surface area contributed by atoms with Gasteiger partial charge in [-0.3, -0.25) is 0 Å². The fourth-order valence-corrected chi connectivity index (χ4v) is 4.65. The van der Waals surface area contributed by atoms with Crippen molar-refractivity contribution in [2.24, 2.45) is 5.92 Å². The minimum atomic E-state index is -3.40. The second-order valence-electron chi connectivity index (χ2n) is 6.21. The summed E-state index contributed by atoms with van der Waals surface area (Å²) in [5.41, 5.74) is 0. The molecule has 0 saturated carbocycles. The summed E-state index contributed by atoms with van der Waals surface area (Å²) in [5, 5.41) is 0. The van der Waals surface area contributed by atoms with Gasteiger partial charge in [0.15, 0.2) is 0 Å². The molecule has 1 aromatic carbocycles. The first kappa shape index (κ1) is 16.3. The van der Waals surface area contributed by atoms with Gasteiger partial charge in [-0.15, -0.1) is 0 Å². The lowest BCUT2D eigenvalue weighted by Gasteiger charge is -2.27. The van der Waals surface area contributed by atoms with Gasteiger partial charge in [0.25, 0.3) is 0 Å². The molecule has 1 atom stereocenters. The van der Waals surface area contributed by atoms with Gasteiger partial charge >= 0.3 is 0 Å². The molecule has 2 rings (SSSR count). The van der Waals surface area contributed by atoms with Crippen LogP contribution in [0.25, 0.3) is 0 Å². The lowest BCUT2D eigenvalue weighted by atomic mass is 10.0. The molecule has 0 aliphatic carbocycles. The normalized spacial score (nSPS) is 20.4. The van der Waals surface area contributed by atoms with E-state index in [0.29, 0.717) is 23.1 Å². The molecule has 0 amide bonds. The average molecular weight is 311 g/mol. The molecule has 0 aromatic heterocycles. The zero-order chi connectivity index (χ0) is 15.6. The molecule has 0 spiro atoms. The van der Waals surface area contributed by atoms with Crippen molar-refractivity contribution in [2.75, 3.05) is 6.54 Å². The van der Waals surface area contributed by atoms with E-state index in [2.05, 4.69) is 13.8 Å². The van der Waals surface area contributed by atoms with Gasteiger partial charge in [-0.2, -0.15) is 4.31 Å². The molecule has 0 N–H and O–H groups in total. The van der Waals surface area contributed by atoms with E-state index >= 15 is 0 Å². The number of hydrogen-bond acceptors (Lipinski definition) is 3. The maximum Gasteiger partial charge on any atom is 0.243 e. The summed E-state index contributed by atoms with van der Waals surface area (Å²) < 4.78 is 32.8. The average Bonchev–Trinajstić information content (AvgIpc) is 2.88. The molecule has 1 aromatic rings. The van der Waals surface area contributed by atoms with Crippen molar-refractivity contribution in [2.45, 2.75) is 57.6 Å². The van der Waals surface area contributed by atoms with Gasteiger partial charge in [-0.05, 0) is 56.9 Å². The van der Waals surface area contributed by atoms with Crippen LogP contribution in [0.2, 0.25) is 0 Å². The molecule has 1 aliphatic heterocycles. The van der Waals surface area contributed by atoms with E-state index in [9.17, 15) is 8.42 Å². The summed E-state index contributed by atoms with van der Waals surface area (Å²) in [4.78, 5) is 0.353. The lowest BCUT2D eigenvalue weighted by Crippen LogP contribution is -2.38. The second kappa shape index (κ2) is 6.36. The summed E-state index contributed by atoms with van der Waals surface area (Å²) >= 11 is 0. The third kappa shape index (κ3) is 3.58. The summed E-state index contributed by atoms with van der Waals surface area (Å²) in [5.74, 6) is 1.04. The van der Waals surface area contributed by atoms with Crippen molar-refractivity contribution in [1.29, 1.82) is 0 Å². The molecule has 4 nitrogen and oxygen atoms in total. The molecule has 1 saturated heterocycles. The highest BCUT2D eigenvalue weighted by Crippen LogP contribution is 2.30. The van der Waals surface area contributed by atoms with E-state index in [-0.39, 0.29) is 12.1 Å². The topological polar surface area (TPSA) is 46.6 Å². The van der Waals surface area contributed by atoms with Gasteiger partial charge in [0.1, 0.15) is 5.75 Å². The Labute approximate surface area is 128 Å².